The van der Waals surface area contributed by atoms with E-state index >= 15 is 0 Å². The highest BCUT2D eigenvalue weighted by atomic mass is 32.1. The van der Waals surface area contributed by atoms with Crippen LogP contribution in [0.2, 0.25) is 0 Å². The summed E-state index contributed by atoms with van der Waals surface area (Å²) in [5.74, 6) is -2.88. The first kappa shape index (κ1) is 13.9. The van der Waals surface area contributed by atoms with Crippen LogP contribution in [0.4, 0.5) is 24.3 Å². The van der Waals surface area contributed by atoms with E-state index in [0.717, 1.165) is 23.5 Å². The van der Waals surface area contributed by atoms with E-state index in [2.05, 4.69) is 10.6 Å². The third kappa shape index (κ3) is 3.09. The minimum Gasteiger partial charge on any atom is -0.478 e. The quantitative estimate of drug-likeness (QED) is 0.813. The van der Waals surface area contributed by atoms with E-state index in [9.17, 15) is 18.4 Å². The Morgan fingerprint density at radius 1 is 1.15 bits per heavy atom. The second-order valence-corrected chi connectivity index (χ2v) is 4.59. The van der Waals surface area contributed by atoms with E-state index in [1.165, 1.54) is 11.4 Å². The maximum atomic E-state index is 13.3. The number of carboxylic acids is 1. The van der Waals surface area contributed by atoms with Crippen molar-refractivity contribution in [3.8, 4) is 0 Å². The van der Waals surface area contributed by atoms with Crippen molar-refractivity contribution in [1.29, 1.82) is 0 Å². The highest BCUT2D eigenvalue weighted by Gasteiger charge is 2.14. The Morgan fingerprint density at radius 2 is 1.90 bits per heavy atom. The smallest absolute Gasteiger partial charge is 0.338 e. The molecular weight excluding hydrogens is 290 g/mol. The van der Waals surface area contributed by atoms with Crippen LogP contribution in [0.5, 0.6) is 0 Å². The van der Waals surface area contributed by atoms with Crippen LogP contribution in [0.1, 0.15) is 10.4 Å². The number of thiophene rings is 1. The van der Waals surface area contributed by atoms with E-state index in [0.29, 0.717) is 6.07 Å². The lowest BCUT2D eigenvalue weighted by Gasteiger charge is -2.07. The number of amides is 2. The molecule has 0 bridgehead atoms. The largest absolute Gasteiger partial charge is 0.478 e. The summed E-state index contributed by atoms with van der Waals surface area (Å²) in [5.41, 5.74) is -0.276. The molecule has 1 heterocycles. The van der Waals surface area contributed by atoms with Crippen LogP contribution in [0.3, 0.4) is 0 Å². The molecule has 5 nitrogen and oxygen atoms in total. The molecule has 2 rings (SSSR count). The predicted octanol–water partition coefficient (Wildman–Crippen LogP) is 3.37. The fourth-order valence-electron chi connectivity index (χ4n) is 1.42. The van der Waals surface area contributed by atoms with Crippen molar-refractivity contribution < 1.29 is 23.5 Å². The van der Waals surface area contributed by atoms with Gasteiger partial charge in [-0.3, -0.25) is 5.32 Å². The first-order chi connectivity index (χ1) is 9.47. The number of carbonyl (C=O) groups is 2. The molecule has 8 heteroatoms. The molecule has 0 spiro atoms. The molecule has 2 amide bonds. The molecular formula is C12H8F2N2O3S. The summed E-state index contributed by atoms with van der Waals surface area (Å²) in [5, 5.41) is 14.9. The first-order valence-corrected chi connectivity index (χ1v) is 6.19. The number of hydrogen-bond acceptors (Lipinski definition) is 3. The van der Waals surface area contributed by atoms with E-state index in [-0.39, 0.29) is 16.3 Å². The second-order valence-electron chi connectivity index (χ2n) is 3.67. The summed E-state index contributed by atoms with van der Waals surface area (Å²) < 4.78 is 26.0. The zero-order chi connectivity index (χ0) is 14.7. The third-order valence-corrected chi connectivity index (χ3v) is 3.13. The Balaban J connectivity index is 2.09. The molecule has 0 atom stereocenters. The van der Waals surface area contributed by atoms with Gasteiger partial charge in [-0.2, -0.15) is 0 Å². The predicted molar refractivity (Wildman–Crippen MR) is 70.3 cm³/mol. The molecule has 1 aromatic heterocycles. The lowest BCUT2D eigenvalue weighted by Crippen LogP contribution is -2.20. The number of halogens is 2. The number of rotatable bonds is 3. The van der Waals surface area contributed by atoms with E-state index < -0.39 is 23.6 Å². The van der Waals surface area contributed by atoms with Crippen LogP contribution in [0, 0.1) is 11.6 Å². The molecule has 0 radical (unpaired) electrons. The zero-order valence-electron chi connectivity index (χ0n) is 9.81. The van der Waals surface area contributed by atoms with Crippen LogP contribution < -0.4 is 10.6 Å². The molecule has 0 aliphatic heterocycles. The monoisotopic (exact) mass is 298 g/mol. The molecule has 0 saturated heterocycles. The Bertz CT molecular complexity index is 672. The summed E-state index contributed by atoms with van der Waals surface area (Å²) in [7, 11) is 0. The fraction of sp³-hybridized carbons (Fsp3) is 0. The molecule has 3 N–H and O–H groups in total. The van der Waals surface area contributed by atoms with Gasteiger partial charge < -0.3 is 10.4 Å². The van der Waals surface area contributed by atoms with Gasteiger partial charge in [0.15, 0.2) is 0 Å². The molecule has 0 fully saturated rings. The number of urea groups is 1. The highest BCUT2D eigenvalue weighted by Crippen LogP contribution is 2.23. The van der Waals surface area contributed by atoms with Crippen molar-refractivity contribution in [2.45, 2.75) is 0 Å². The van der Waals surface area contributed by atoms with Crippen LogP contribution in [0.25, 0.3) is 0 Å². The van der Waals surface area contributed by atoms with Crippen LogP contribution in [-0.2, 0) is 0 Å². The van der Waals surface area contributed by atoms with Crippen LogP contribution in [0.15, 0.2) is 29.6 Å². The number of carbonyl (C=O) groups excluding carboxylic acids is 1. The van der Waals surface area contributed by atoms with Gasteiger partial charge >= 0.3 is 12.0 Å². The van der Waals surface area contributed by atoms with Crippen LogP contribution >= 0.6 is 11.3 Å². The Hall–Kier alpha value is -2.48. The van der Waals surface area contributed by atoms with Crippen molar-refractivity contribution in [2.75, 3.05) is 10.6 Å². The van der Waals surface area contributed by atoms with Crippen molar-refractivity contribution in [2.24, 2.45) is 0 Å². The molecule has 0 aliphatic carbocycles. The number of benzene rings is 1. The summed E-state index contributed by atoms with van der Waals surface area (Å²) in [6.07, 6.45) is 0. The number of carboxylic acid groups (broad SMARTS) is 1. The third-order valence-electron chi connectivity index (χ3n) is 2.30. The minimum atomic E-state index is -1.19. The van der Waals surface area contributed by atoms with Crippen molar-refractivity contribution in [3.05, 3.63) is 46.8 Å². The van der Waals surface area contributed by atoms with Crippen molar-refractivity contribution in [1.82, 2.24) is 0 Å². The van der Waals surface area contributed by atoms with Gasteiger partial charge in [0.05, 0.1) is 11.3 Å². The minimum absolute atomic E-state index is 0.0651. The molecule has 104 valence electrons. The molecule has 0 unspecified atom stereocenters. The highest BCUT2D eigenvalue weighted by molar-refractivity contribution is 7.14. The van der Waals surface area contributed by atoms with Gasteiger partial charge in [0.25, 0.3) is 0 Å². The average molecular weight is 298 g/mol. The number of nitrogens with one attached hydrogen (secondary N) is 2. The van der Waals surface area contributed by atoms with Gasteiger partial charge in [0.1, 0.15) is 16.6 Å². The van der Waals surface area contributed by atoms with Gasteiger partial charge in [0, 0.05) is 6.07 Å². The lowest BCUT2D eigenvalue weighted by atomic mass is 10.3. The van der Waals surface area contributed by atoms with Gasteiger partial charge in [-0.25, -0.2) is 18.4 Å². The summed E-state index contributed by atoms with van der Waals surface area (Å²) in [4.78, 5) is 22.5. The van der Waals surface area contributed by atoms with E-state index in [1.54, 1.807) is 0 Å². The zero-order valence-corrected chi connectivity index (χ0v) is 10.6. The summed E-state index contributed by atoms with van der Waals surface area (Å²) >= 11 is 1.02. The SMILES string of the molecule is O=C(Nc1ccc(F)cc1F)Nc1sccc1C(=O)O. The van der Waals surface area contributed by atoms with Gasteiger partial charge in [-0.15, -0.1) is 11.3 Å². The normalized spacial score (nSPS) is 10.1. The Labute approximate surface area is 115 Å². The van der Waals surface area contributed by atoms with Crippen LogP contribution in [-0.4, -0.2) is 17.1 Å². The molecule has 2 aromatic rings. The molecule has 0 saturated carbocycles. The van der Waals surface area contributed by atoms with Gasteiger partial charge in [-0.05, 0) is 23.6 Å². The number of hydrogen-bond donors (Lipinski definition) is 3. The van der Waals surface area contributed by atoms with E-state index in [1.807, 2.05) is 0 Å². The molecule has 0 aliphatic rings. The van der Waals surface area contributed by atoms with Crippen molar-refractivity contribution >= 4 is 34.0 Å². The van der Waals surface area contributed by atoms with Crippen molar-refractivity contribution in [3.63, 3.8) is 0 Å². The molecule has 20 heavy (non-hydrogen) atoms. The average Bonchev–Trinajstić information content (AvgIpc) is 2.81. The van der Waals surface area contributed by atoms with E-state index in [4.69, 9.17) is 5.11 Å². The molecule has 1 aromatic carbocycles. The maximum absolute atomic E-state index is 13.3. The summed E-state index contributed by atoms with van der Waals surface area (Å²) in [6, 6.07) is 3.20. The maximum Gasteiger partial charge on any atom is 0.338 e. The standard InChI is InChI=1S/C12H8F2N2O3S/c13-6-1-2-9(8(14)5-6)15-12(19)16-10-7(11(17)18)3-4-20-10/h1-5H,(H,17,18)(H2,15,16,19). The number of anilines is 2. The first-order valence-electron chi connectivity index (χ1n) is 5.31. The van der Waals surface area contributed by atoms with Gasteiger partial charge in [-0.1, -0.05) is 0 Å². The Morgan fingerprint density at radius 3 is 2.55 bits per heavy atom. The summed E-state index contributed by atoms with van der Waals surface area (Å²) in [6.45, 7) is 0. The fourth-order valence-corrected chi connectivity index (χ4v) is 2.20. The topological polar surface area (TPSA) is 78.4 Å². The lowest BCUT2D eigenvalue weighted by molar-refractivity contribution is 0.0698. The second kappa shape index (κ2) is 5.66. The number of aromatic carboxylic acids is 1. The van der Waals surface area contributed by atoms with Gasteiger partial charge in [0.2, 0.25) is 0 Å². The Kier molecular flexibility index (Phi) is 3.94.